The van der Waals surface area contributed by atoms with Gasteiger partial charge in [-0.3, -0.25) is 14.5 Å². The van der Waals surface area contributed by atoms with Gasteiger partial charge in [-0.1, -0.05) is 67.2 Å². The number of hydrogen-bond donors (Lipinski definition) is 1. The van der Waals surface area contributed by atoms with Gasteiger partial charge in [0, 0.05) is 18.4 Å². The van der Waals surface area contributed by atoms with Gasteiger partial charge in [0.05, 0.1) is 18.5 Å². The molecule has 1 aliphatic rings. The number of amidine groups is 1. The molecule has 1 atom stereocenters. The number of amides is 2. The summed E-state index contributed by atoms with van der Waals surface area (Å²) >= 11 is 1.35. The molecule has 164 valence electrons. The topological polar surface area (TPSA) is 71.0 Å². The summed E-state index contributed by atoms with van der Waals surface area (Å²) in [7, 11) is 1.56. The first-order valence-electron chi connectivity index (χ1n) is 10.6. The Kier molecular flexibility index (Phi) is 6.75. The minimum Gasteiger partial charge on any atom is -0.495 e. The molecule has 1 aliphatic heterocycles. The summed E-state index contributed by atoms with van der Waals surface area (Å²) in [6.07, 6.45) is 0.872. The number of anilines is 1. The molecule has 0 radical (unpaired) electrons. The standard InChI is InChI=1S/C25H25N3O3S/c1-3-15-28-24(30)22(16-23(29)26-20-12-6-7-14-21(20)31-2)32-25(28)27-19-13-8-10-17-9-4-5-11-18(17)19/h4-14,22H,3,15-16H2,1-2H3,(H,26,29). The van der Waals surface area contributed by atoms with E-state index in [2.05, 4.69) is 5.32 Å². The van der Waals surface area contributed by atoms with Gasteiger partial charge in [0.1, 0.15) is 11.0 Å². The van der Waals surface area contributed by atoms with E-state index in [4.69, 9.17) is 9.73 Å². The molecule has 1 N–H and O–H groups in total. The maximum Gasteiger partial charge on any atom is 0.242 e. The van der Waals surface area contributed by atoms with Gasteiger partial charge in [-0.2, -0.15) is 0 Å². The highest BCUT2D eigenvalue weighted by atomic mass is 32.2. The Morgan fingerprint density at radius 1 is 1.09 bits per heavy atom. The van der Waals surface area contributed by atoms with Crippen molar-refractivity contribution in [3.05, 3.63) is 66.7 Å². The Morgan fingerprint density at radius 3 is 2.66 bits per heavy atom. The highest BCUT2D eigenvalue weighted by Gasteiger charge is 2.38. The molecule has 2 amide bonds. The monoisotopic (exact) mass is 447 g/mol. The summed E-state index contributed by atoms with van der Waals surface area (Å²) < 4.78 is 5.29. The minimum atomic E-state index is -0.509. The summed E-state index contributed by atoms with van der Waals surface area (Å²) in [5.74, 6) is 0.270. The smallest absolute Gasteiger partial charge is 0.242 e. The summed E-state index contributed by atoms with van der Waals surface area (Å²) in [5.41, 5.74) is 1.41. The molecule has 4 rings (SSSR count). The Balaban J connectivity index is 1.56. The van der Waals surface area contributed by atoms with Crippen LogP contribution in [0.3, 0.4) is 0 Å². The van der Waals surface area contributed by atoms with Gasteiger partial charge >= 0.3 is 0 Å². The lowest BCUT2D eigenvalue weighted by Gasteiger charge is -2.15. The van der Waals surface area contributed by atoms with Crippen molar-refractivity contribution in [2.24, 2.45) is 4.99 Å². The van der Waals surface area contributed by atoms with Crippen LogP contribution in [0.4, 0.5) is 11.4 Å². The molecule has 7 heteroatoms. The van der Waals surface area contributed by atoms with Gasteiger partial charge in [-0.05, 0) is 30.0 Å². The van der Waals surface area contributed by atoms with Crippen molar-refractivity contribution in [2.75, 3.05) is 19.0 Å². The van der Waals surface area contributed by atoms with Crippen LogP contribution < -0.4 is 10.1 Å². The normalized spacial score (nSPS) is 17.2. The van der Waals surface area contributed by atoms with Gasteiger partial charge in [-0.25, -0.2) is 4.99 Å². The number of benzene rings is 3. The zero-order chi connectivity index (χ0) is 22.5. The number of thioether (sulfide) groups is 1. The van der Waals surface area contributed by atoms with Crippen LogP contribution in [0, 0.1) is 0 Å². The number of nitrogens with one attached hydrogen (secondary N) is 1. The molecule has 0 saturated carbocycles. The van der Waals surface area contributed by atoms with E-state index in [1.165, 1.54) is 11.8 Å². The average molecular weight is 448 g/mol. The van der Waals surface area contributed by atoms with Gasteiger partial charge < -0.3 is 10.1 Å². The zero-order valence-corrected chi connectivity index (χ0v) is 18.9. The third-order valence-electron chi connectivity index (χ3n) is 5.20. The number of hydrogen-bond acceptors (Lipinski definition) is 5. The highest BCUT2D eigenvalue weighted by Crippen LogP contribution is 2.34. The minimum absolute atomic E-state index is 0.0658. The number of carbonyl (C=O) groups is 2. The van der Waals surface area contributed by atoms with E-state index in [-0.39, 0.29) is 18.2 Å². The van der Waals surface area contributed by atoms with Gasteiger partial charge in [-0.15, -0.1) is 0 Å². The van der Waals surface area contributed by atoms with Crippen molar-refractivity contribution in [2.45, 2.75) is 25.0 Å². The number of rotatable bonds is 7. The summed E-state index contributed by atoms with van der Waals surface area (Å²) in [5, 5.41) is 5.12. The van der Waals surface area contributed by atoms with Crippen molar-refractivity contribution in [3.8, 4) is 5.75 Å². The number of carbonyl (C=O) groups excluding carboxylic acids is 2. The second-order valence-corrected chi connectivity index (χ2v) is 8.61. The molecular formula is C25H25N3O3S. The van der Waals surface area contributed by atoms with Crippen LogP contribution >= 0.6 is 11.8 Å². The molecule has 0 spiro atoms. The molecule has 3 aromatic carbocycles. The molecule has 0 aliphatic carbocycles. The van der Waals surface area contributed by atoms with E-state index < -0.39 is 5.25 Å². The van der Waals surface area contributed by atoms with Gasteiger partial charge in [0.2, 0.25) is 11.8 Å². The maximum atomic E-state index is 13.1. The van der Waals surface area contributed by atoms with E-state index >= 15 is 0 Å². The summed E-state index contributed by atoms with van der Waals surface area (Å²) in [4.78, 5) is 32.3. The predicted molar refractivity (Wildman–Crippen MR) is 131 cm³/mol. The van der Waals surface area contributed by atoms with Crippen molar-refractivity contribution >= 4 is 50.9 Å². The molecule has 32 heavy (non-hydrogen) atoms. The predicted octanol–water partition coefficient (Wildman–Crippen LogP) is 5.22. The van der Waals surface area contributed by atoms with Crippen molar-refractivity contribution in [3.63, 3.8) is 0 Å². The first-order chi connectivity index (χ1) is 15.6. The van der Waals surface area contributed by atoms with Crippen molar-refractivity contribution in [1.82, 2.24) is 4.90 Å². The Labute approximate surface area is 191 Å². The zero-order valence-electron chi connectivity index (χ0n) is 18.1. The van der Waals surface area contributed by atoms with E-state index in [9.17, 15) is 9.59 Å². The number of nitrogens with zero attached hydrogens (tertiary/aromatic N) is 2. The third kappa shape index (κ3) is 4.62. The Hall–Kier alpha value is -3.32. The fourth-order valence-electron chi connectivity index (χ4n) is 3.68. The molecule has 1 fully saturated rings. The van der Waals surface area contributed by atoms with Gasteiger partial charge in [0.25, 0.3) is 0 Å². The molecule has 6 nitrogen and oxygen atoms in total. The third-order valence-corrected chi connectivity index (χ3v) is 6.38. The number of ether oxygens (including phenoxy) is 1. The largest absolute Gasteiger partial charge is 0.495 e. The number of aliphatic imine (C=N–C) groups is 1. The van der Waals surface area contributed by atoms with Crippen LogP contribution in [0.25, 0.3) is 10.8 Å². The molecule has 0 aromatic heterocycles. The van der Waals surface area contributed by atoms with Crippen LogP contribution in [0.15, 0.2) is 71.7 Å². The van der Waals surface area contributed by atoms with Crippen LogP contribution in [-0.4, -0.2) is 40.8 Å². The number of methoxy groups -OCH3 is 1. The highest BCUT2D eigenvalue weighted by molar-refractivity contribution is 8.15. The molecule has 0 bridgehead atoms. The van der Waals surface area contributed by atoms with Gasteiger partial charge in [0.15, 0.2) is 5.17 Å². The summed E-state index contributed by atoms with van der Waals surface area (Å²) in [6.45, 7) is 2.59. The lowest BCUT2D eigenvalue weighted by Crippen LogP contribution is -2.34. The van der Waals surface area contributed by atoms with Crippen molar-refractivity contribution < 1.29 is 14.3 Å². The summed E-state index contributed by atoms with van der Waals surface area (Å²) in [6, 6.07) is 21.2. The number of para-hydroxylation sites is 2. The van der Waals surface area contributed by atoms with Crippen LogP contribution in [0.1, 0.15) is 19.8 Å². The second-order valence-electron chi connectivity index (χ2n) is 7.44. The Morgan fingerprint density at radius 2 is 1.84 bits per heavy atom. The first-order valence-corrected chi connectivity index (χ1v) is 11.5. The fourth-order valence-corrected chi connectivity index (χ4v) is 4.86. The lowest BCUT2D eigenvalue weighted by molar-refractivity contribution is -0.128. The molecule has 1 saturated heterocycles. The maximum absolute atomic E-state index is 13.1. The molecule has 3 aromatic rings. The Bertz CT molecular complexity index is 1170. The molecule has 1 unspecified atom stereocenters. The molecular weight excluding hydrogens is 422 g/mol. The van der Waals surface area contributed by atoms with Crippen molar-refractivity contribution in [1.29, 1.82) is 0 Å². The van der Waals surface area contributed by atoms with E-state index in [1.54, 1.807) is 24.1 Å². The first kappa shape index (κ1) is 21.9. The fraction of sp³-hybridized carbons (Fsp3) is 0.240. The van der Waals surface area contributed by atoms with E-state index in [0.717, 1.165) is 22.9 Å². The van der Waals surface area contributed by atoms with E-state index in [0.29, 0.717) is 23.1 Å². The van der Waals surface area contributed by atoms with Crippen LogP contribution in [0.5, 0.6) is 5.75 Å². The average Bonchev–Trinajstić information content (AvgIpc) is 3.08. The SMILES string of the molecule is CCCN1C(=O)C(CC(=O)Nc2ccccc2OC)SC1=Nc1cccc2ccccc12. The second kappa shape index (κ2) is 9.87. The molecule has 1 heterocycles. The quantitative estimate of drug-likeness (QED) is 0.539. The van der Waals surface area contributed by atoms with Crippen LogP contribution in [0.2, 0.25) is 0 Å². The lowest BCUT2D eigenvalue weighted by atomic mass is 10.1. The van der Waals surface area contributed by atoms with E-state index in [1.807, 2.05) is 61.5 Å². The van der Waals surface area contributed by atoms with Crippen LogP contribution in [-0.2, 0) is 9.59 Å². The number of fused-ring (bicyclic) bond motifs is 1.